The average Bonchev–Trinajstić information content (AvgIpc) is 2.42. The minimum absolute atomic E-state index is 0.0401. The molecule has 1 nitrogen and oxygen atoms in total. The molecule has 0 radical (unpaired) electrons. The van der Waals surface area contributed by atoms with E-state index in [1.165, 1.54) is 16.7 Å². The lowest BCUT2D eigenvalue weighted by atomic mass is 9.77. The topological polar surface area (TPSA) is 26.0 Å². The molecule has 0 aromatic heterocycles. The van der Waals surface area contributed by atoms with E-state index < -0.39 is 0 Å². The van der Waals surface area contributed by atoms with Crippen LogP contribution >= 0.6 is 11.6 Å². The van der Waals surface area contributed by atoms with Gasteiger partial charge in [-0.15, -0.1) is 0 Å². The number of benzene rings is 2. The molecule has 0 saturated carbocycles. The van der Waals surface area contributed by atoms with Crippen molar-refractivity contribution in [1.29, 1.82) is 0 Å². The molecule has 0 aliphatic heterocycles. The van der Waals surface area contributed by atoms with Crippen molar-refractivity contribution in [3.8, 4) is 0 Å². The Balaban J connectivity index is 2.27. The fourth-order valence-electron chi connectivity index (χ4n) is 2.30. The predicted molar refractivity (Wildman–Crippen MR) is 82.7 cm³/mol. The fraction of sp³-hybridized carbons (Fsp3) is 0.294. The SMILES string of the molecule is Cc1ccc(C(C)(CN)Cc2ccc(Cl)cc2)cc1. The van der Waals surface area contributed by atoms with Gasteiger partial charge >= 0.3 is 0 Å². The molecule has 1 unspecified atom stereocenters. The summed E-state index contributed by atoms with van der Waals surface area (Å²) in [5, 5.41) is 0.772. The number of aryl methyl sites for hydroxylation is 1. The van der Waals surface area contributed by atoms with Crippen LogP contribution in [0.5, 0.6) is 0 Å². The van der Waals surface area contributed by atoms with Gasteiger partial charge in [0.15, 0.2) is 0 Å². The Labute approximate surface area is 120 Å². The zero-order valence-electron chi connectivity index (χ0n) is 11.5. The summed E-state index contributed by atoms with van der Waals surface area (Å²) >= 11 is 5.93. The van der Waals surface area contributed by atoms with Crippen molar-refractivity contribution >= 4 is 11.6 Å². The first kappa shape index (κ1) is 14.1. The van der Waals surface area contributed by atoms with Gasteiger partial charge in [0.1, 0.15) is 0 Å². The Kier molecular flexibility index (Phi) is 4.28. The van der Waals surface area contributed by atoms with Crippen molar-refractivity contribution < 1.29 is 0 Å². The zero-order chi connectivity index (χ0) is 13.9. The second-order valence-electron chi connectivity index (χ2n) is 5.43. The Bertz CT molecular complexity index is 530. The van der Waals surface area contributed by atoms with Gasteiger partial charge < -0.3 is 5.73 Å². The van der Waals surface area contributed by atoms with E-state index in [4.69, 9.17) is 17.3 Å². The minimum atomic E-state index is -0.0401. The molecule has 100 valence electrons. The maximum absolute atomic E-state index is 6.03. The lowest BCUT2D eigenvalue weighted by Crippen LogP contribution is -2.34. The first-order valence-electron chi connectivity index (χ1n) is 6.55. The highest BCUT2D eigenvalue weighted by Gasteiger charge is 2.25. The van der Waals surface area contributed by atoms with Gasteiger partial charge in [-0.1, -0.05) is 60.5 Å². The normalized spacial score (nSPS) is 14.1. The van der Waals surface area contributed by atoms with Crippen LogP contribution in [0.3, 0.4) is 0 Å². The summed E-state index contributed by atoms with van der Waals surface area (Å²) in [4.78, 5) is 0. The largest absolute Gasteiger partial charge is 0.330 e. The Morgan fingerprint density at radius 2 is 1.58 bits per heavy atom. The van der Waals surface area contributed by atoms with Gasteiger partial charge in [-0.05, 0) is 36.6 Å². The molecule has 0 bridgehead atoms. The van der Waals surface area contributed by atoms with Crippen LogP contribution in [-0.4, -0.2) is 6.54 Å². The molecule has 0 heterocycles. The number of nitrogens with two attached hydrogens (primary N) is 1. The van der Waals surface area contributed by atoms with E-state index in [-0.39, 0.29) is 5.41 Å². The first-order chi connectivity index (χ1) is 9.03. The van der Waals surface area contributed by atoms with E-state index in [2.05, 4.69) is 50.2 Å². The van der Waals surface area contributed by atoms with E-state index in [1.54, 1.807) is 0 Å². The van der Waals surface area contributed by atoms with Crippen LogP contribution in [0.1, 0.15) is 23.6 Å². The summed E-state index contributed by atoms with van der Waals surface area (Å²) in [6, 6.07) is 16.7. The van der Waals surface area contributed by atoms with Crippen LogP contribution in [0.2, 0.25) is 5.02 Å². The molecule has 2 aromatic carbocycles. The van der Waals surface area contributed by atoms with E-state index in [0.717, 1.165) is 11.4 Å². The zero-order valence-corrected chi connectivity index (χ0v) is 12.2. The van der Waals surface area contributed by atoms with E-state index in [1.807, 2.05) is 12.1 Å². The second kappa shape index (κ2) is 5.77. The molecule has 1 atom stereocenters. The second-order valence-corrected chi connectivity index (χ2v) is 5.87. The highest BCUT2D eigenvalue weighted by Crippen LogP contribution is 2.28. The van der Waals surface area contributed by atoms with Crippen molar-refractivity contribution in [1.82, 2.24) is 0 Å². The first-order valence-corrected chi connectivity index (χ1v) is 6.93. The average molecular weight is 274 g/mol. The smallest absolute Gasteiger partial charge is 0.0406 e. The summed E-state index contributed by atoms with van der Waals surface area (Å²) in [6.07, 6.45) is 0.920. The van der Waals surface area contributed by atoms with Gasteiger partial charge in [-0.25, -0.2) is 0 Å². The maximum Gasteiger partial charge on any atom is 0.0406 e. The summed E-state index contributed by atoms with van der Waals surface area (Å²) < 4.78 is 0. The Morgan fingerprint density at radius 3 is 2.11 bits per heavy atom. The van der Waals surface area contributed by atoms with Crippen LogP contribution in [-0.2, 0) is 11.8 Å². The molecular weight excluding hydrogens is 254 g/mol. The van der Waals surface area contributed by atoms with E-state index in [9.17, 15) is 0 Å². The predicted octanol–water partition coefficient (Wildman–Crippen LogP) is 4.11. The minimum Gasteiger partial charge on any atom is -0.330 e. The van der Waals surface area contributed by atoms with Gasteiger partial charge in [0, 0.05) is 17.0 Å². The van der Waals surface area contributed by atoms with Crippen molar-refractivity contribution in [3.05, 3.63) is 70.2 Å². The van der Waals surface area contributed by atoms with Crippen LogP contribution in [0.15, 0.2) is 48.5 Å². The number of hydrogen-bond acceptors (Lipinski definition) is 1. The molecule has 0 fully saturated rings. The quantitative estimate of drug-likeness (QED) is 0.891. The van der Waals surface area contributed by atoms with Gasteiger partial charge in [0.25, 0.3) is 0 Å². The van der Waals surface area contributed by atoms with Gasteiger partial charge in [0.05, 0.1) is 0 Å². The molecule has 2 N–H and O–H groups in total. The highest BCUT2D eigenvalue weighted by molar-refractivity contribution is 6.30. The molecular formula is C17H20ClN. The molecule has 0 spiro atoms. The molecule has 0 saturated heterocycles. The summed E-state index contributed by atoms with van der Waals surface area (Å²) in [5.74, 6) is 0. The van der Waals surface area contributed by atoms with Gasteiger partial charge in [-0.3, -0.25) is 0 Å². The molecule has 2 heteroatoms. The summed E-state index contributed by atoms with van der Waals surface area (Å²) in [5.41, 5.74) is 9.81. The van der Waals surface area contributed by atoms with Gasteiger partial charge in [0.2, 0.25) is 0 Å². The third-order valence-electron chi connectivity index (χ3n) is 3.71. The lowest BCUT2D eigenvalue weighted by Gasteiger charge is -2.29. The number of rotatable bonds is 4. The van der Waals surface area contributed by atoms with Crippen molar-refractivity contribution in [2.45, 2.75) is 25.7 Å². The fourth-order valence-corrected chi connectivity index (χ4v) is 2.43. The van der Waals surface area contributed by atoms with E-state index >= 15 is 0 Å². The molecule has 2 aromatic rings. The van der Waals surface area contributed by atoms with Crippen molar-refractivity contribution in [2.75, 3.05) is 6.54 Å². The van der Waals surface area contributed by atoms with E-state index in [0.29, 0.717) is 6.54 Å². The van der Waals surface area contributed by atoms with Gasteiger partial charge in [-0.2, -0.15) is 0 Å². The number of halogens is 1. The van der Waals surface area contributed by atoms with Crippen molar-refractivity contribution in [3.63, 3.8) is 0 Å². The molecule has 2 rings (SSSR count). The van der Waals surface area contributed by atoms with Crippen LogP contribution < -0.4 is 5.73 Å². The summed E-state index contributed by atoms with van der Waals surface area (Å²) in [6.45, 7) is 4.94. The molecule has 0 amide bonds. The third-order valence-corrected chi connectivity index (χ3v) is 3.96. The third kappa shape index (κ3) is 3.37. The lowest BCUT2D eigenvalue weighted by molar-refractivity contribution is 0.481. The van der Waals surface area contributed by atoms with Crippen LogP contribution in [0.4, 0.5) is 0 Å². The number of hydrogen-bond donors (Lipinski definition) is 1. The highest BCUT2D eigenvalue weighted by atomic mass is 35.5. The molecule has 19 heavy (non-hydrogen) atoms. The monoisotopic (exact) mass is 273 g/mol. The Morgan fingerprint density at radius 1 is 1.00 bits per heavy atom. The van der Waals surface area contributed by atoms with Crippen molar-refractivity contribution in [2.24, 2.45) is 5.73 Å². The standard InChI is InChI=1S/C17H20ClN/c1-13-3-7-15(8-4-13)17(2,12-19)11-14-5-9-16(18)10-6-14/h3-10H,11-12,19H2,1-2H3. The van der Waals surface area contributed by atoms with Crippen LogP contribution in [0, 0.1) is 6.92 Å². The summed E-state index contributed by atoms with van der Waals surface area (Å²) in [7, 11) is 0. The van der Waals surface area contributed by atoms with Crippen LogP contribution in [0.25, 0.3) is 0 Å². The maximum atomic E-state index is 6.03. The Hall–Kier alpha value is -1.31. The molecule has 0 aliphatic carbocycles. The molecule has 0 aliphatic rings.